The predicted octanol–water partition coefficient (Wildman–Crippen LogP) is 3.52. The highest BCUT2D eigenvalue weighted by molar-refractivity contribution is 6.21. The molecule has 29 heavy (non-hydrogen) atoms. The molecule has 5 atom stereocenters. The van der Waals surface area contributed by atoms with Crippen LogP contribution in [0, 0.1) is 11.7 Å². The highest BCUT2D eigenvalue weighted by atomic mass is 35.5. The van der Waals surface area contributed by atoms with E-state index in [1.54, 1.807) is 17.0 Å². The van der Waals surface area contributed by atoms with E-state index >= 15 is 0 Å². The fraction of sp³-hybridized carbons (Fsp3) is 0.545. The van der Waals surface area contributed by atoms with E-state index in [0.717, 1.165) is 19.3 Å². The molecular weight excluding hydrogens is 397 g/mol. The molecule has 0 spiro atoms. The summed E-state index contributed by atoms with van der Waals surface area (Å²) < 4.78 is 25.4. The second-order valence-corrected chi connectivity index (χ2v) is 8.94. The summed E-state index contributed by atoms with van der Waals surface area (Å²) in [5.74, 6) is -0.856. The van der Waals surface area contributed by atoms with Crippen LogP contribution in [0.2, 0.25) is 0 Å². The van der Waals surface area contributed by atoms with Crippen LogP contribution in [-0.2, 0) is 19.1 Å². The summed E-state index contributed by atoms with van der Waals surface area (Å²) in [5, 5.41) is -0.0599. The maximum atomic E-state index is 13.5. The molecule has 1 saturated heterocycles. The first-order valence-electron chi connectivity index (χ1n) is 10.3. The van der Waals surface area contributed by atoms with E-state index in [0.29, 0.717) is 37.1 Å². The highest BCUT2D eigenvalue weighted by Crippen LogP contribution is 2.47. The average molecular weight is 420 g/mol. The number of amides is 1. The van der Waals surface area contributed by atoms with E-state index in [-0.39, 0.29) is 46.8 Å². The largest absolute Gasteiger partial charge is 0.483 e. The SMILES string of the molecule is O=C1C2=C(OC3CCC(Cl)CC13)C(=O)N(CC1CCCO1)C2c1ccc(F)cc1. The van der Waals surface area contributed by atoms with Gasteiger partial charge in [0.25, 0.3) is 5.91 Å². The van der Waals surface area contributed by atoms with Gasteiger partial charge in [0.2, 0.25) is 0 Å². The minimum absolute atomic E-state index is 0.0564. The van der Waals surface area contributed by atoms with Crippen LogP contribution >= 0.6 is 11.6 Å². The Bertz CT molecular complexity index is 864. The van der Waals surface area contributed by atoms with Crippen LogP contribution in [0.25, 0.3) is 0 Å². The lowest BCUT2D eigenvalue weighted by Gasteiger charge is -2.37. The lowest BCUT2D eigenvalue weighted by molar-refractivity contribution is -0.136. The fourth-order valence-electron chi connectivity index (χ4n) is 5.05. The number of benzene rings is 1. The van der Waals surface area contributed by atoms with Gasteiger partial charge in [0.05, 0.1) is 23.6 Å². The number of hydrogen-bond acceptors (Lipinski definition) is 4. The summed E-state index contributed by atoms with van der Waals surface area (Å²) in [6, 6.07) is 5.41. The Labute approximate surface area is 173 Å². The van der Waals surface area contributed by atoms with Gasteiger partial charge in [-0.3, -0.25) is 9.59 Å². The van der Waals surface area contributed by atoms with Gasteiger partial charge in [0.15, 0.2) is 11.5 Å². The third-order valence-electron chi connectivity index (χ3n) is 6.49. The van der Waals surface area contributed by atoms with Gasteiger partial charge in [-0.1, -0.05) is 12.1 Å². The van der Waals surface area contributed by atoms with Gasteiger partial charge in [0.1, 0.15) is 11.9 Å². The van der Waals surface area contributed by atoms with Crippen LogP contribution in [0.1, 0.15) is 43.7 Å². The van der Waals surface area contributed by atoms with Gasteiger partial charge >= 0.3 is 0 Å². The third kappa shape index (κ3) is 3.26. The Morgan fingerprint density at radius 3 is 2.66 bits per heavy atom. The number of Topliss-reactive ketones (excluding diaryl/α,β-unsaturated/α-hetero) is 1. The van der Waals surface area contributed by atoms with Crippen LogP contribution in [0.3, 0.4) is 0 Å². The first-order chi connectivity index (χ1) is 14.0. The Hall–Kier alpha value is -1.92. The summed E-state index contributed by atoms with van der Waals surface area (Å²) in [4.78, 5) is 28.5. The van der Waals surface area contributed by atoms with Crippen molar-refractivity contribution in [3.63, 3.8) is 0 Å². The maximum Gasteiger partial charge on any atom is 0.290 e. The van der Waals surface area contributed by atoms with Crippen LogP contribution in [-0.4, -0.2) is 47.3 Å². The van der Waals surface area contributed by atoms with Gasteiger partial charge in [-0.05, 0) is 49.8 Å². The fourth-order valence-corrected chi connectivity index (χ4v) is 5.37. The monoisotopic (exact) mass is 419 g/mol. The van der Waals surface area contributed by atoms with Crippen molar-refractivity contribution in [1.82, 2.24) is 4.90 Å². The highest BCUT2D eigenvalue weighted by Gasteiger charge is 2.53. The average Bonchev–Trinajstić information content (AvgIpc) is 3.32. The van der Waals surface area contributed by atoms with Gasteiger partial charge in [-0.2, -0.15) is 0 Å². The molecule has 4 aliphatic rings. The first-order valence-corrected chi connectivity index (χ1v) is 10.7. The van der Waals surface area contributed by atoms with E-state index in [1.807, 2.05) is 0 Å². The molecule has 1 saturated carbocycles. The zero-order valence-electron chi connectivity index (χ0n) is 16.0. The van der Waals surface area contributed by atoms with Crippen molar-refractivity contribution in [2.45, 2.75) is 55.7 Å². The molecule has 3 heterocycles. The minimum Gasteiger partial charge on any atom is -0.483 e. The zero-order valence-corrected chi connectivity index (χ0v) is 16.7. The molecule has 5 nitrogen and oxygen atoms in total. The lowest BCUT2D eigenvalue weighted by atomic mass is 9.77. The summed E-state index contributed by atoms with van der Waals surface area (Å²) >= 11 is 6.33. The molecule has 1 aliphatic carbocycles. The van der Waals surface area contributed by atoms with Crippen molar-refractivity contribution < 1.29 is 23.5 Å². The smallest absolute Gasteiger partial charge is 0.290 e. The van der Waals surface area contributed by atoms with Crippen molar-refractivity contribution in [1.29, 1.82) is 0 Å². The molecule has 3 aliphatic heterocycles. The number of carbonyl (C=O) groups excluding carboxylic acids is 2. The molecule has 7 heteroatoms. The second-order valence-electron chi connectivity index (χ2n) is 8.33. The standard InChI is InChI=1S/C22H23ClFNO4/c23-13-5-8-17-16(10-13)20(26)18-19(12-3-6-14(24)7-4-12)25(22(27)21(18)29-17)11-15-2-1-9-28-15/h3-4,6-7,13,15-17,19H,1-2,5,8-11H2. The molecular formula is C22H23ClFNO4. The van der Waals surface area contributed by atoms with Crippen molar-refractivity contribution >= 4 is 23.3 Å². The number of rotatable bonds is 3. The zero-order chi connectivity index (χ0) is 20.1. The number of fused-ring (bicyclic) bond motifs is 1. The Morgan fingerprint density at radius 1 is 1.14 bits per heavy atom. The molecule has 1 amide bonds. The quantitative estimate of drug-likeness (QED) is 0.703. The van der Waals surface area contributed by atoms with Gasteiger partial charge in [-0.25, -0.2) is 4.39 Å². The normalized spacial score (nSPS) is 34.3. The van der Waals surface area contributed by atoms with Gasteiger partial charge < -0.3 is 14.4 Å². The van der Waals surface area contributed by atoms with E-state index in [1.165, 1.54) is 12.1 Å². The Kier molecular flexibility index (Phi) is 4.87. The van der Waals surface area contributed by atoms with E-state index < -0.39 is 6.04 Å². The molecule has 0 bridgehead atoms. The number of nitrogens with zero attached hydrogens (tertiary/aromatic N) is 1. The number of hydrogen-bond donors (Lipinski definition) is 0. The molecule has 5 unspecified atom stereocenters. The summed E-state index contributed by atoms with van der Waals surface area (Å²) in [7, 11) is 0. The maximum absolute atomic E-state index is 13.5. The van der Waals surface area contributed by atoms with Gasteiger partial charge in [0, 0.05) is 18.5 Å². The van der Waals surface area contributed by atoms with E-state index in [2.05, 4.69) is 0 Å². The minimum atomic E-state index is -0.577. The number of alkyl halides is 1. The number of halogens is 2. The van der Waals surface area contributed by atoms with Crippen LogP contribution in [0.15, 0.2) is 35.6 Å². The topological polar surface area (TPSA) is 55.8 Å². The summed E-state index contributed by atoms with van der Waals surface area (Å²) in [5.41, 5.74) is 1.10. The summed E-state index contributed by atoms with van der Waals surface area (Å²) in [6.07, 6.45) is 3.47. The van der Waals surface area contributed by atoms with Crippen LogP contribution in [0.5, 0.6) is 0 Å². The Balaban J connectivity index is 1.54. The van der Waals surface area contributed by atoms with E-state index in [9.17, 15) is 14.0 Å². The van der Waals surface area contributed by atoms with Crippen molar-refractivity contribution in [2.24, 2.45) is 5.92 Å². The number of carbonyl (C=O) groups is 2. The molecule has 0 aromatic heterocycles. The van der Waals surface area contributed by atoms with Crippen molar-refractivity contribution in [2.75, 3.05) is 13.2 Å². The predicted molar refractivity (Wildman–Crippen MR) is 104 cm³/mol. The van der Waals surface area contributed by atoms with E-state index in [4.69, 9.17) is 21.1 Å². The van der Waals surface area contributed by atoms with Crippen molar-refractivity contribution in [3.05, 3.63) is 47.0 Å². The Morgan fingerprint density at radius 2 is 1.93 bits per heavy atom. The summed E-state index contributed by atoms with van der Waals surface area (Å²) in [6.45, 7) is 1.07. The number of ether oxygens (including phenoxy) is 2. The molecule has 5 rings (SSSR count). The third-order valence-corrected chi connectivity index (χ3v) is 6.89. The molecule has 0 radical (unpaired) electrons. The number of ketones is 1. The molecule has 154 valence electrons. The molecule has 2 fully saturated rings. The molecule has 1 aromatic carbocycles. The van der Waals surface area contributed by atoms with Gasteiger partial charge in [-0.15, -0.1) is 11.6 Å². The van der Waals surface area contributed by atoms with Crippen LogP contribution in [0.4, 0.5) is 4.39 Å². The molecule has 0 N–H and O–H groups in total. The second kappa shape index (κ2) is 7.40. The van der Waals surface area contributed by atoms with Crippen molar-refractivity contribution in [3.8, 4) is 0 Å². The lowest BCUT2D eigenvalue weighted by Crippen LogP contribution is -2.41. The molecule has 1 aromatic rings. The first kappa shape index (κ1) is 19.1. The van der Waals surface area contributed by atoms with Crippen LogP contribution < -0.4 is 0 Å².